The van der Waals surface area contributed by atoms with Crippen LogP contribution in [-0.4, -0.2) is 43.5 Å². The zero-order valence-corrected chi connectivity index (χ0v) is 29.4. The van der Waals surface area contributed by atoms with Crippen LogP contribution in [0.25, 0.3) is 39.4 Å². The summed E-state index contributed by atoms with van der Waals surface area (Å²) in [7, 11) is 0. The number of aryl methyl sites for hydroxylation is 2. The average molecular weight is 790 g/mol. The first-order valence-corrected chi connectivity index (χ1v) is 17.2. The Labute approximate surface area is 317 Å². The highest BCUT2D eigenvalue weighted by Gasteiger charge is 2.39. The van der Waals surface area contributed by atoms with Gasteiger partial charge in [-0.05, 0) is 60.2 Å². The maximum Gasteiger partial charge on any atom is 0.471 e. The topological polar surface area (TPSA) is 145 Å². The van der Waals surface area contributed by atoms with Crippen molar-refractivity contribution in [1.82, 2.24) is 43.5 Å². The van der Waals surface area contributed by atoms with E-state index in [-0.39, 0.29) is 28.3 Å². The highest BCUT2D eigenvalue weighted by atomic mass is 19.4. The molecule has 8 rings (SSSR count). The first-order chi connectivity index (χ1) is 27.3. The maximum atomic E-state index is 12.6. The lowest BCUT2D eigenvalue weighted by atomic mass is 10.2. The van der Waals surface area contributed by atoms with Crippen molar-refractivity contribution in [3.8, 4) is 28.5 Å². The fourth-order valence-corrected chi connectivity index (χ4v) is 5.80. The van der Waals surface area contributed by atoms with Crippen molar-refractivity contribution < 1.29 is 35.4 Å². The Bertz CT molecular complexity index is 2710. The summed E-state index contributed by atoms with van der Waals surface area (Å²) in [5, 5.41) is 7.76. The van der Waals surface area contributed by atoms with E-state index in [4.69, 9.17) is 0 Å². The predicted octanol–water partition coefficient (Wildman–Crippen LogP) is 7.50. The van der Waals surface area contributed by atoms with Crippen LogP contribution in [0.3, 0.4) is 0 Å². The van der Waals surface area contributed by atoms with Crippen molar-refractivity contribution in [1.29, 1.82) is 0 Å². The molecule has 0 bridgehead atoms. The predicted molar refractivity (Wildman–Crippen MR) is 192 cm³/mol. The van der Waals surface area contributed by atoms with Crippen molar-refractivity contribution in [3.63, 3.8) is 0 Å². The zero-order chi connectivity index (χ0) is 40.2. The average Bonchev–Trinajstić information content (AvgIpc) is 4.02. The summed E-state index contributed by atoms with van der Waals surface area (Å²) in [4.78, 5) is 35.1. The van der Waals surface area contributed by atoms with E-state index in [1.54, 1.807) is 12.5 Å². The summed E-state index contributed by atoms with van der Waals surface area (Å²) in [6, 6.07) is 23.1. The SMILES string of the molecule is O=c1cc(-c2noc(C(F)(F)F)n2)ccn1CCCCn1ccc2ccccc21.O=c1cc(-c2noc(C(F)(F)F)n2)ccn1Cc1ccc(-n2ccnc2)cc1. The zero-order valence-electron chi connectivity index (χ0n) is 29.4. The van der Waals surface area contributed by atoms with Gasteiger partial charge in [0, 0.05) is 78.5 Å². The van der Waals surface area contributed by atoms with Crippen LogP contribution in [0.5, 0.6) is 0 Å². The number of alkyl halides is 6. The third kappa shape index (κ3) is 9.09. The Morgan fingerprint density at radius 1 is 0.614 bits per heavy atom. The van der Waals surface area contributed by atoms with E-state index in [9.17, 15) is 35.9 Å². The van der Waals surface area contributed by atoms with Crippen LogP contribution in [0, 0.1) is 0 Å². The molecular formula is C38H29F6N9O4. The number of hydrogen-bond donors (Lipinski definition) is 0. The number of para-hydroxylation sites is 1. The molecule has 57 heavy (non-hydrogen) atoms. The first-order valence-electron chi connectivity index (χ1n) is 17.2. The number of fused-ring (bicyclic) bond motifs is 1. The second kappa shape index (κ2) is 16.0. The monoisotopic (exact) mass is 789 g/mol. The molecule has 0 aliphatic carbocycles. The number of hydrogen-bond acceptors (Lipinski definition) is 9. The van der Waals surface area contributed by atoms with E-state index in [0.717, 1.165) is 30.6 Å². The van der Waals surface area contributed by atoms with Crippen molar-refractivity contribution in [2.24, 2.45) is 0 Å². The number of unbranched alkanes of at least 4 members (excludes halogenated alkanes) is 1. The van der Waals surface area contributed by atoms with Gasteiger partial charge in [-0.1, -0.05) is 40.6 Å². The van der Waals surface area contributed by atoms with Crippen LogP contribution in [0.2, 0.25) is 0 Å². The van der Waals surface area contributed by atoms with E-state index in [0.29, 0.717) is 13.1 Å². The second-order valence-corrected chi connectivity index (χ2v) is 12.6. The minimum atomic E-state index is -4.73. The third-order valence-corrected chi connectivity index (χ3v) is 8.67. The molecule has 0 saturated carbocycles. The van der Waals surface area contributed by atoms with Gasteiger partial charge in [0.15, 0.2) is 0 Å². The van der Waals surface area contributed by atoms with Crippen LogP contribution in [0.15, 0.2) is 135 Å². The van der Waals surface area contributed by atoms with Gasteiger partial charge in [-0.3, -0.25) is 9.59 Å². The van der Waals surface area contributed by atoms with E-state index in [2.05, 4.69) is 57.1 Å². The van der Waals surface area contributed by atoms with Crippen LogP contribution in [-0.2, 0) is 32.0 Å². The maximum absolute atomic E-state index is 12.6. The lowest BCUT2D eigenvalue weighted by molar-refractivity contribution is -0.160. The smallest absolute Gasteiger partial charge is 0.347 e. The molecule has 8 aromatic rings. The Balaban J connectivity index is 0.000000174. The van der Waals surface area contributed by atoms with Gasteiger partial charge in [0.05, 0.1) is 12.9 Å². The van der Waals surface area contributed by atoms with Crippen LogP contribution < -0.4 is 11.1 Å². The molecule has 13 nitrogen and oxygen atoms in total. The highest BCUT2D eigenvalue weighted by molar-refractivity contribution is 5.79. The number of imidazole rings is 1. The van der Waals surface area contributed by atoms with Gasteiger partial charge in [0.1, 0.15) is 0 Å². The molecule has 0 unspecified atom stereocenters. The number of aromatic nitrogens is 9. The molecule has 0 fully saturated rings. The summed E-state index contributed by atoms with van der Waals surface area (Å²) in [6.07, 6.45) is 2.45. The highest BCUT2D eigenvalue weighted by Crippen LogP contribution is 2.30. The van der Waals surface area contributed by atoms with Crippen LogP contribution in [0.4, 0.5) is 26.3 Å². The summed E-state index contributed by atoms with van der Waals surface area (Å²) in [5.74, 6) is -3.44. The summed E-state index contributed by atoms with van der Waals surface area (Å²) in [5.41, 5.74) is 2.61. The quantitative estimate of drug-likeness (QED) is 0.102. The van der Waals surface area contributed by atoms with E-state index >= 15 is 0 Å². The lowest BCUT2D eigenvalue weighted by Gasteiger charge is -2.08. The van der Waals surface area contributed by atoms with E-state index in [1.807, 2.05) is 53.4 Å². The fourth-order valence-electron chi connectivity index (χ4n) is 5.80. The molecule has 0 aliphatic rings. The number of pyridine rings is 2. The van der Waals surface area contributed by atoms with Crippen LogP contribution >= 0.6 is 0 Å². The summed E-state index contributed by atoms with van der Waals surface area (Å²) in [6.45, 7) is 1.66. The summed E-state index contributed by atoms with van der Waals surface area (Å²) >= 11 is 0. The third-order valence-electron chi connectivity index (χ3n) is 8.67. The number of halogens is 6. The van der Waals surface area contributed by atoms with Gasteiger partial charge < -0.3 is 27.3 Å². The van der Waals surface area contributed by atoms with Gasteiger partial charge >= 0.3 is 24.1 Å². The molecule has 0 aliphatic heterocycles. The Morgan fingerprint density at radius 2 is 1.18 bits per heavy atom. The molecule has 0 N–H and O–H groups in total. The van der Waals surface area contributed by atoms with Crippen molar-refractivity contribution in [2.45, 2.75) is 44.8 Å². The molecule has 0 spiro atoms. The molecule has 0 saturated heterocycles. The van der Waals surface area contributed by atoms with Gasteiger partial charge in [-0.25, -0.2) is 4.98 Å². The number of benzene rings is 2. The van der Waals surface area contributed by atoms with Crippen LogP contribution in [0.1, 0.15) is 30.2 Å². The molecule has 0 atom stereocenters. The number of nitrogens with zero attached hydrogens (tertiary/aromatic N) is 9. The van der Waals surface area contributed by atoms with Gasteiger partial charge in [-0.2, -0.15) is 36.3 Å². The van der Waals surface area contributed by atoms with Gasteiger partial charge in [-0.15, -0.1) is 0 Å². The Kier molecular flexibility index (Phi) is 10.7. The fraction of sp³-hybridized carbons (Fsp3) is 0.184. The van der Waals surface area contributed by atoms with E-state index in [1.165, 1.54) is 56.7 Å². The van der Waals surface area contributed by atoms with E-state index < -0.39 is 29.7 Å². The normalized spacial score (nSPS) is 11.8. The summed E-state index contributed by atoms with van der Waals surface area (Å²) < 4.78 is 90.7. The minimum Gasteiger partial charge on any atom is -0.347 e. The van der Waals surface area contributed by atoms with Gasteiger partial charge in [0.2, 0.25) is 11.6 Å². The van der Waals surface area contributed by atoms with Crippen molar-refractivity contribution in [3.05, 3.63) is 154 Å². The molecule has 292 valence electrons. The Morgan fingerprint density at radius 3 is 1.72 bits per heavy atom. The molecule has 2 aromatic carbocycles. The second-order valence-electron chi connectivity index (χ2n) is 12.6. The van der Waals surface area contributed by atoms with Crippen molar-refractivity contribution >= 4 is 10.9 Å². The minimum absolute atomic E-state index is 0.149. The molecule has 0 radical (unpaired) electrons. The molecule has 19 heteroatoms. The lowest BCUT2D eigenvalue weighted by Crippen LogP contribution is -2.19. The number of rotatable bonds is 10. The molecule has 6 aromatic heterocycles. The standard InChI is InChI=1S/C20H17F3N4O2.C18H12F3N5O2/c21-20(22,23)19-24-18(25-29-19)15-8-12-27(17(28)13-15)10-4-3-9-26-11-7-14-5-1-2-6-16(14)26;19-18(20,21)17-23-16(24-28-17)13-5-7-25(15(27)9-13)10-12-1-3-14(4-2-12)26-8-6-22-11-26/h1-2,5-8,11-13H,3-4,9-10H2;1-9,11H,10H2. The molecular weight excluding hydrogens is 760 g/mol. The van der Waals surface area contributed by atoms with Gasteiger partial charge in [0.25, 0.3) is 11.1 Å². The Hall–Kier alpha value is -7.05. The first kappa shape index (κ1) is 38.2. The molecule has 6 heterocycles. The van der Waals surface area contributed by atoms with Crippen molar-refractivity contribution in [2.75, 3.05) is 0 Å². The molecule has 0 amide bonds. The largest absolute Gasteiger partial charge is 0.471 e.